The molecule has 0 saturated heterocycles. The molecule has 146 valence electrons. The standard InChI is InChI=1S/C22H24N2O4/c1-5-24(13-19(25)23-16-9-7-10-17(12-16)27-4)22(26)21-15(3)18-11-6-8-14(2)20(18)28-21/h6-12H,5,13H2,1-4H3,(H,23,25). The number of methoxy groups -OCH3 is 1. The van der Waals surface area contributed by atoms with Gasteiger partial charge in [-0.1, -0.05) is 24.3 Å². The van der Waals surface area contributed by atoms with Gasteiger partial charge in [-0.2, -0.15) is 0 Å². The van der Waals surface area contributed by atoms with Crippen molar-refractivity contribution in [1.29, 1.82) is 0 Å². The quantitative estimate of drug-likeness (QED) is 0.697. The topological polar surface area (TPSA) is 71.8 Å². The molecular formula is C22H24N2O4. The number of anilines is 1. The van der Waals surface area contributed by atoms with Gasteiger partial charge in [0.1, 0.15) is 17.9 Å². The summed E-state index contributed by atoms with van der Waals surface area (Å²) >= 11 is 0. The zero-order valence-electron chi connectivity index (χ0n) is 16.5. The van der Waals surface area contributed by atoms with Gasteiger partial charge in [-0.3, -0.25) is 9.59 Å². The van der Waals surface area contributed by atoms with E-state index < -0.39 is 0 Å². The van der Waals surface area contributed by atoms with E-state index in [1.807, 2.05) is 39.0 Å². The molecule has 0 radical (unpaired) electrons. The Bertz CT molecular complexity index is 1020. The third-order valence-corrected chi connectivity index (χ3v) is 4.71. The molecule has 0 bridgehead atoms. The number of rotatable bonds is 6. The molecule has 3 aromatic rings. The van der Waals surface area contributed by atoms with Crippen LogP contribution in [0.1, 0.15) is 28.6 Å². The summed E-state index contributed by atoms with van der Waals surface area (Å²) in [4.78, 5) is 26.9. The highest BCUT2D eigenvalue weighted by molar-refractivity contribution is 6.02. The van der Waals surface area contributed by atoms with Crippen molar-refractivity contribution in [2.45, 2.75) is 20.8 Å². The largest absolute Gasteiger partial charge is 0.497 e. The van der Waals surface area contributed by atoms with Gasteiger partial charge in [0, 0.05) is 29.2 Å². The van der Waals surface area contributed by atoms with Crippen molar-refractivity contribution in [2.24, 2.45) is 0 Å². The average molecular weight is 380 g/mol. The van der Waals surface area contributed by atoms with E-state index in [-0.39, 0.29) is 24.1 Å². The number of carbonyl (C=O) groups is 2. The SMILES string of the molecule is CCN(CC(=O)Nc1cccc(OC)c1)C(=O)c1oc2c(C)cccc2c1C. The third-order valence-electron chi connectivity index (χ3n) is 4.71. The molecule has 2 aromatic carbocycles. The molecule has 0 saturated carbocycles. The molecule has 3 rings (SSSR count). The van der Waals surface area contributed by atoms with Crippen molar-refractivity contribution >= 4 is 28.5 Å². The van der Waals surface area contributed by atoms with Crippen LogP contribution in [0.2, 0.25) is 0 Å². The number of ether oxygens (including phenoxy) is 1. The number of nitrogens with one attached hydrogen (secondary N) is 1. The molecule has 2 amide bonds. The Labute approximate surface area is 164 Å². The lowest BCUT2D eigenvalue weighted by molar-refractivity contribution is -0.116. The molecule has 1 heterocycles. The highest BCUT2D eigenvalue weighted by Crippen LogP contribution is 2.28. The number of para-hydroxylation sites is 1. The second-order valence-electron chi connectivity index (χ2n) is 6.61. The highest BCUT2D eigenvalue weighted by atomic mass is 16.5. The minimum atomic E-state index is -0.295. The maximum absolute atomic E-state index is 13.0. The first-order chi connectivity index (χ1) is 13.4. The number of furan rings is 1. The fourth-order valence-corrected chi connectivity index (χ4v) is 3.13. The Kier molecular flexibility index (Phi) is 5.68. The Morgan fingerprint density at radius 2 is 1.89 bits per heavy atom. The highest BCUT2D eigenvalue weighted by Gasteiger charge is 2.24. The van der Waals surface area contributed by atoms with E-state index in [4.69, 9.17) is 9.15 Å². The monoisotopic (exact) mass is 380 g/mol. The van der Waals surface area contributed by atoms with Crippen LogP contribution in [0.4, 0.5) is 5.69 Å². The first-order valence-corrected chi connectivity index (χ1v) is 9.16. The molecular weight excluding hydrogens is 356 g/mol. The van der Waals surface area contributed by atoms with Crippen molar-refractivity contribution in [2.75, 3.05) is 25.5 Å². The van der Waals surface area contributed by atoms with Crippen molar-refractivity contribution in [3.05, 3.63) is 59.4 Å². The lowest BCUT2D eigenvalue weighted by Crippen LogP contribution is -2.38. The normalized spacial score (nSPS) is 10.7. The van der Waals surface area contributed by atoms with Gasteiger partial charge in [-0.05, 0) is 38.5 Å². The van der Waals surface area contributed by atoms with Crippen LogP contribution in [0.15, 0.2) is 46.9 Å². The van der Waals surface area contributed by atoms with E-state index in [2.05, 4.69) is 5.32 Å². The van der Waals surface area contributed by atoms with Gasteiger partial charge in [0.05, 0.1) is 7.11 Å². The predicted molar refractivity (Wildman–Crippen MR) is 109 cm³/mol. The molecule has 0 atom stereocenters. The van der Waals surface area contributed by atoms with Crippen molar-refractivity contribution in [3.8, 4) is 5.75 Å². The van der Waals surface area contributed by atoms with E-state index in [0.29, 0.717) is 23.6 Å². The molecule has 1 aromatic heterocycles. The van der Waals surface area contributed by atoms with Crippen LogP contribution >= 0.6 is 0 Å². The number of nitrogens with zero attached hydrogens (tertiary/aromatic N) is 1. The summed E-state index contributed by atoms with van der Waals surface area (Å²) in [5.41, 5.74) is 3.08. The number of aryl methyl sites for hydroxylation is 2. The van der Waals surface area contributed by atoms with Gasteiger partial charge < -0.3 is 19.4 Å². The summed E-state index contributed by atoms with van der Waals surface area (Å²) in [6, 6.07) is 12.9. The Hall–Kier alpha value is -3.28. The molecule has 0 spiro atoms. The van der Waals surface area contributed by atoms with Crippen LogP contribution in [0.3, 0.4) is 0 Å². The lowest BCUT2D eigenvalue weighted by Gasteiger charge is -2.19. The number of amides is 2. The van der Waals surface area contributed by atoms with Gasteiger partial charge in [0.15, 0.2) is 5.76 Å². The second-order valence-corrected chi connectivity index (χ2v) is 6.61. The van der Waals surface area contributed by atoms with Crippen LogP contribution < -0.4 is 10.1 Å². The average Bonchev–Trinajstić information content (AvgIpc) is 3.04. The first-order valence-electron chi connectivity index (χ1n) is 9.16. The van der Waals surface area contributed by atoms with Gasteiger partial charge >= 0.3 is 0 Å². The maximum Gasteiger partial charge on any atom is 0.290 e. The number of likely N-dealkylation sites (N-methyl/N-ethyl adjacent to an activating group) is 1. The minimum Gasteiger partial charge on any atom is -0.497 e. The fraction of sp³-hybridized carbons (Fsp3) is 0.273. The fourth-order valence-electron chi connectivity index (χ4n) is 3.13. The van der Waals surface area contributed by atoms with E-state index in [1.165, 1.54) is 4.90 Å². The number of hydrogen-bond donors (Lipinski definition) is 1. The zero-order valence-corrected chi connectivity index (χ0v) is 16.5. The molecule has 0 unspecified atom stereocenters. The number of benzene rings is 2. The molecule has 0 aliphatic heterocycles. The zero-order chi connectivity index (χ0) is 20.3. The molecule has 6 nitrogen and oxygen atoms in total. The van der Waals surface area contributed by atoms with Crippen LogP contribution in [0.5, 0.6) is 5.75 Å². The van der Waals surface area contributed by atoms with Crippen LogP contribution in [0.25, 0.3) is 11.0 Å². The van der Waals surface area contributed by atoms with Gasteiger partial charge in [0.25, 0.3) is 5.91 Å². The van der Waals surface area contributed by atoms with E-state index in [9.17, 15) is 9.59 Å². The Balaban J connectivity index is 1.77. The number of carbonyl (C=O) groups excluding carboxylic acids is 2. The summed E-state index contributed by atoms with van der Waals surface area (Å²) in [6.07, 6.45) is 0. The summed E-state index contributed by atoms with van der Waals surface area (Å²) in [7, 11) is 1.57. The third kappa shape index (κ3) is 3.86. The lowest BCUT2D eigenvalue weighted by atomic mass is 10.1. The summed E-state index contributed by atoms with van der Waals surface area (Å²) in [5, 5.41) is 3.71. The number of hydrogen-bond acceptors (Lipinski definition) is 4. The number of fused-ring (bicyclic) bond motifs is 1. The van der Waals surface area contributed by atoms with Crippen LogP contribution in [0, 0.1) is 13.8 Å². The first kappa shape index (κ1) is 19.5. The summed E-state index contributed by atoms with van der Waals surface area (Å²) < 4.78 is 11.0. The molecule has 6 heteroatoms. The van der Waals surface area contributed by atoms with Gasteiger partial charge in [-0.15, -0.1) is 0 Å². The van der Waals surface area contributed by atoms with E-state index >= 15 is 0 Å². The molecule has 0 aliphatic rings. The van der Waals surface area contributed by atoms with Gasteiger partial charge in [-0.25, -0.2) is 0 Å². The second kappa shape index (κ2) is 8.17. The maximum atomic E-state index is 13.0. The Morgan fingerprint density at radius 3 is 2.57 bits per heavy atom. The summed E-state index contributed by atoms with van der Waals surface area (Å²) in [5.74, 6) is 0.347. The van der Waals surface area contributed by atoms with E-state index in [0.717, 1.165) is 16.5 Å². The molecule has 0 fully saturated rings. The predicted octanol–water partition coefficient (Wildman–Crippen LogP) is 4.16. The smallest absolute Gasteiger partial charge is 0.290 e. The Morgan fingerprint density at radius 1 is 1.14 bits per heavy atom. The van der Waals surface area contributed by atoms with E-state index in [1.54, 1.807) is 31.4 Å². The molecule has 0 aliphatic carbocycles. The van der Waals surface area contributed by atoms with Crippen molar-refractivity contribution < 1.29 is 18.7 Å². The minimum absolute atomic E-state index is 0.0674. The van der Waals surface area contributed by atoms with Crippen molar-refractivity contribution in [1.82, 2.24) is 4.90 Å². The van der Waals surface area contributed by atoms with Crippen LogP contribution in [-0.2, 0) is 4.79 Å². The molecule has 1 N–H and O–H groups in total. The van der Waals surface area contributed by atoms with Crippen molar-refractivity contribution in [3.63, 3.8) is 0 Å². The summed E-state index contributed by atoms with van der Waals surface area (Å²) in [6.45, 7) is 5.96. The van der Waals surface area contributed by atoms with Gasteiger partial charge in [0.2, 0.25) is 5.91 Å². The molecule has 28 heavy (non-hydrogen) atoms. The van der Waals surface area contributed by atoms with Crippen LogP contribution in [-0.4, -0.2) is 36.9 Å².